The quantitative estimate of drug-likeness (QED) is 0.0405. The molecule has 0 heterocycles. The topological polar surface area (TPSA) is 366 Å². The molecule has 0 fully saturated rings. The van der Waals surface area contributed by atoms with E-state index in [1.54, 1.807) is 0 Å². The number of nitrogens with two attached hydrogens (primary N) is 1. The molecule has 0 saturated carbocycles. The van der Waals surface area contributed by atoms with Crippen LogP contribution in [0.5, 0.6) is 28.7 Å². The van der Waals surface area contributed by atoms with E-state index in [-0.39, 0.29) is 152 Å². The van der Waals surface area contributed by atoms with Crippen LogP contribution >= 0.6 is 0 Å². The number of azo groups is 2. The molecule has 21 nitrogen and oxygen atoms in total. The molecule has 306 valence electrons. The summed E-state index contributed by atoms with van der Waals surface area (Å²) in [7, 11) is -12.6. The molecular formula is C35H23N5Na4O16S3. The number of carbonyl (C=O) groups is 1. The van der Waals surface area contributed by atoms with Crippen molar-refractivity contribution < 1.29 is 192 Å². The average Bonchev–Trinajstić information content (AvgIpc) is 3.15. The Balaban J connectivity index is 0.00000341. The molecule has 0 saturated heterocycles. The first-order valence-corrected chi connectivity index (χ1v) is 20.3. The van der Waals surface area contributed by atoms with E-state index in [0.717, 1.165) is 30.3 Å². The minimum Gasteiger partial charge on any atom is -0.872 e. The number of aromatic carboxylic acids is 1. The van der Waals surface area contributed by atoms with E-state index in [2.05, 4.69) is 20.5 Å². The number of nitrogens with zero attached hydrogens (tertiary/aromatic N) is 4. The number of fused-ring (bicyclic) bond motifs is 2. The van der Waals surface area contributed by atoms with Gasteiger partial charge in [0, 0.05) is 16.5 Å². The molecule has 0 aliphatic heterocycles. The molecule has 5 N–H and O–H groups in total. The molecule has 63 heavy (non-hydrogen) atoms. The molecule has 6 rings (SSSR count). The summed E-state index contributed by atoms with van der Waals surface area (Å²) in [5.41, 5.74) is 3.44. The second-order valence-corrected chi connectivity index (χ2v) is 16.3. The van der Waals surface area contributed by atoms with Gasteiger partial charge in [-0.25, -0.2) is 0 Å². The number of hydrogen-bond donors (Lipinski definition) is 4. The van der Waals surface area contributed by atoms with E-state index < -0.39 is 102 Å². The van der Waals surface area contributed by atoms with E-state index in [1.807, 2.05) is 0 Å². The predicted octanol–water partition coefficient (Wildman–Crippen LogP) is -8.57. The zero-order valence-corrected chi connectivity index (χ0v) is 44.1. The molecular weight excluding hydrogens is 935 g/mol. The number of carbonyl (C=O) groups excluding carboxylic acids is 1. The van der Waals surface area contributed by atoms with Crippen LogP contribution in [0.3, 0.4) is 0 Å². The Morgan fingerprint density at radius 1 is 0.603 bits per heavy atom. The summed E-state index contributed by atoms with van der Waals surface area (Å²) in [5, 5.41) is 64.5. The van der Waals surface area contributed by atoms with Gasteiger partial charge in [0.05, 0.1) is 36.5 Å². The van der Waals surface area contributed by atoms with Gasteiger partial charge in [0.2, 0.25) is 0 Å². The molecule has 0 atom stereocenters. The van der Waals surface area contributed by atoms with Gasteiger partial charge < -0.3 is 40.4 Å². The smallest absolute Gasteiger partial charge is 0.872 e. The number of anilines is 1. The van der Waals surface area contributed by atoms with Crippen molar-refractivity contribution in [3.63, 3.8) is 0 Å². The van der Waals surface area contributed by atoms with Crippen molar-refractivity contribution >= 4 is 86.3 Å². The third-order valence-corrected chi connectivity index (χ3v) is 11.2. The van der Waals surface area contributed by atoms with Crippen molar-refractivity contribution in [2.24, 2.45) is 20.5 Å². The summed E-state index contributed by atoms with van der Waals surface area (Å²) < 4.78 is 112. The fraction of sp³-hybridized carbons (Fsp3) is 0.0571. The van der Waals surface area contributed by atoms with Gasteiger partial charge in [-0.2, -0.15) is 30.4 Å². The third kappa shape index (κ3) is 11.7. The summed E-state index contributed by atoms with van der Waals surface area (Å²) in [6.45, 7) is 0. The van der Waals surface area contributed by atoms with E-state index in [9.17, 15) is 64.1 Å². The van der Waals surface area contributed by atoms with Gasteiger partial charge >= 0.3 is 118 Å². The van der Waals surface area contributed by atoms with Crippen LogP contribution in [0.2, 0.25) is 0 Å². The van der Waals surface area contributed by atoms with Crippen LogP contribution in [0.15, 0.2) is 108 Å². The zero-order valence-electron chi connectivity index (χ0n) is 33.7. The molecule has 0 amide bonds. The van der Waals surface area contributed by atoms with Crippen molar-refractivity contribution in [3.05, 3.63) is 78.4 Å². The van der Waals surface area contributed by atoms with Gasteiger partial charge in [-0.3, -0.25) is 13.7 Å². The number of hydrogen-bond acceptors (Lipinski definition) is 18. The Bertz CT molecular complexity index is 3210. The van der Waals surface area contributed by atoms with Crippen molar-refractivity contribution in [2.75, 3.05) is 20.0 Å². The van der Waals surface area contributed by atoms with Crippen LogP contribution < -0.4 is 154 Å². The van der Waals surface area contributed by atoms with Crippen LogP contribution in [0.4, 0.5) is 28.4 Å². The summed E-state index contributed by atoms with van der Waals surface area (Å²) in [6, 6.07) is 13.1. The number of benzene rings is 6. The van der Waals surface area contributed by atoms with Crippen LogP contribution in [0, 0.1) is 0 Å². The zero-order chi connectivity index (χ0) is 43.4. The van der Waals surface area contributed by atoms with Crippen molar-refractivity contribution in [1.82, 2.24) is 0 Å². The summed E-state index contributed by atoms with van der Waals surface area (Å²) in [4.78, 5) is 8.85. The molecule has 0 radical (unpaired) electrons. The van der Waals surface area contributed by atoms with Gasteiger partial charge in [-0.15, -0.1) is 15.3 Å². The van der Waals surface area contributed by atoms with Gasteiger partial charge in [-0.05, 0) is 76.0 Å². The fourth-order valence-electron chi connectivity index (χ4n) is 5.88. The minimum atomic E-state index is -5.18. The van der Waals surface area contributed by atoms with Crippen LogP contribution in [-0.2, 0) is 30.4 Å². The summed E-state index contributed by atoms with van der Waals surface area (Å²) >= 11 is 0. The van der Waals surface area contributed by atoms with E-state index >= 15 is 0 Å². The average molecular weight is 958 g/mol. The van der Waals surface area contributed by atoms with Crippen LogP contribution in [0.25, 0.3) is 32.7 Å². The molecule has 28 heteroatoms. The maximum atomic E-state index is 13.4. The molecule has 0 unspecified atom stereocenters. The summed E-state index contributed by atoms with van der Waals surface area (Å²) in [5.74, 6) is -5.42. The number of ether oxygens (including phenoxy) is 2. The predicted molar refractivity (Wildman–Crippen MR) is 198 cm³/mol. The Kier molecular flexibility index (Phi) is 19.2. The first-order chi connectivity index (χ1) is 27.5. The van der Waals surface area contributed by atoms with E-state index in [4.69, 9.17) is 15.2 Å². The molecule has 0 aromatic heterocycles. The molecule has 0 aliphatic rings. The molecule has 0 bridgehead atoms. The number of methoxy groups -OCH3 is 2. The van der Waals surface area contributed by atoms with Crippen molar-refractivity contribution in [3.8, 4) is 39.9 Å². The maximum Gasteiger partial charge on any atom is 1.00 e. The normalized spacial score (nSPS) is 11.7. The van der Waals surface area contributed by atoms with Gasteiger partial charge in [-0.1, -0.05) is 41.5 Å². The number of nitrogen functional groups attached to an aromatic ring is 1. The van der Waals surface area contributed by atoms with E-state index in [1.165, 1.54) is 50.6 Å². The molecule has 0 spiro atoms. The monoisotopic (exact) mass is 957 g/mol. The standard InChI is InChI=1S/C35H27N5O16S3.4Na/c1-55-25-10-15(3-6-22(25)37-39-31-24(41)8-5-19-27(58(49,50)51)14-20(35(44)45)33(42)30(19)31)16-4-7-23(26(11-16)56-2)38-40-32-28(59(52,53)54)12-17-9-18(57(46,47)48)13-21(36)29(17)34(32)43;;;;/h3-14,41-43H,36H2,1-2H3,(H,44,45)(H,46,47,48)(H,49,50,51)(H,52,53,54);;;;/q;4*+1/p-4. The van der Waals surface area contributed by atoms with Crippen molar-refractivity contribution in [1.29, 1.82) is 0 Å². The first-order valence-electron chi connectivity index (χ1n) is 15.9. The molecule has 6 aromatic carbocycles. The second kappa shape index (κ2) is 21.6. The van der Waals surface area contributed by atoms with E-state index in [0.29, 0.717) is 17.2 Å². The van der Waals surface area contributed by atoms with Gasteiger partial charge in [0.15, 0.2) is 0 Å². The number of carboxylic acids is 1. The largest absolute Gasteiger partial charge is 1.00 e. The second-order valence-electron chi connectivity index (χ2n) is 12.1. The van der Waals surface area contributed by atoms with Crippen LogP contribution in [0.1, 0.15) is 10.4 Å². The SMILES string of the molecule is COc1cc(-c2ccc(N=Nc3c([O-])ccc4c(S(=O)(=O)O)cc(C(=O)[O-])c([O-])c34)c(OC)c2)ccc1N=Nc1c(S(=O)(=O)O)cc2cc(S(=O)(=O)O)cc(N)c2c1[O-].[Na+].[Na+].[Na+].[Na+]. The number of rotatable bonds is 11. The Morgan fingerprint density at radius 3 is 1.57 bits per heavy atom. The van der Waals surface area contributed by atoms with Gasteiger partial charge in [0.1, 0.15) is 32.7 Å². The Hall–Kier alpha value is -2.96. The van der Waals surface area contributed by atoms with Gasteiger partial charge in [0.25, 0.3) is 30.4 Å². The first kappa shape index (κ1) is 56.2. The van der Waals surface area contributed by atoms with Crippen molar-refractivity contribution in [2.45, 2.75) is 14.7 Å². The fourth-order valence-corrected chi connectivity index (χ4v) is 7.80. The molecule has 6 aromatic rings. The van der Waals surface area contributed by atoms with Crippen LogP contribution in [-0.4, -0.2) is 59.1 Å². The Morgan fingerprint density at radius 2 is 1.11 bits per heavy atom. The third-order valence-electron chi connectivity index (χ3n) is 8.57. The molecule has 0 aliphatic carbocycles. The summed E-state index contributed by atoms with van der Waals surface area (Å²) in [6.07, 6.45) is 0. The maximum absolute atomic E-state index is 13.4. The Labute approximate surface area is 445 Å². The number of carboxylic acid groups (broad SMARTS) is 1. The minimum absolute atomic E-state index is 0.